The molecule has 0 fully saturated rings. The molecule has 0 aliphatic rings. The van der Waals surface area contributed by atoms with Crippen molar-refractivity contribution in [3.63, 3.8) is 0 Å². The molecule has 5 heteroatoms. The number of halogens is 3. The topological polar surface area (TPSA) is 29.1 Å². The Labute approximate surface area is 183 Å². The van der Waals surface area contributed by atoms with E-state index in [2.05, 4.69) is 71.9 Å². The van der Waals surface area contributed by atoms with Crippen LogP contribution in [0.4, 0.5) is 5.69 Å². The zero-order chi connectivity index (χ0) is 18.5. The first kappa shape index (κ1) is 19.6. The van der Waals surface area contributed by atoms with Crippen LogP contribution in [0.25, 0.3) is 0 Å². The number of ketones is 1. The van der Waals surface area contributed by atoms with Crippen molar-refractivity contribution in [2.24, 2.45) is 0 Å². The van der Waals surface area contributed by atoms with Gasteiger partial charge in [0.05, 0.1) is 6.04 Å². The van der Waals surface area contributed by atoms with E-state index in [9.17, 15) is 4.79 Å². The SMILES string of the molecule is O=C(C[C@H](Nc1ccc(I)cc1)c1ccc(Br)cc1)c1ccc(Br)cc1. The first-order valence-electron chi connectivity index (χ1n) is 8.07. The lowest BCUT2D eigenvalue weighted by atomic mass is 9.97. The van der Waals surface area contributed by atoms with Crippen molar-refractivity contribution in [1.29, 1.82) is 0 Å². The van der Waals surface area contributed by atoms with Crippen molar-refractivity contribution in [2.75, 3.05) is 5.32 Å². The Hall–Kier alpha value is -1.18. The number of hydrogen-bond acceptors (Lipinski definition) is 2. The van der Waals surface area contributed by atoms with Crippen molar-refractivity contribution in [1.82, 2.24) is 0 Å². The first-order valence-corrected chi connectivity index (χ1v) is 10.7. The van der Waals surface area contributed by atoms with Crippen molar-refractivity contribution in [3.05, 3.63) is 96.4 Å². The van der Waals surface area contributed by atoms with E-state index in [1.807, 2.05) is 60.7 Å². The van der Waals surface area contributed by atoms with Gasteiger partial charge in [0.25, 0.3) is 0 Å². The lowest BCUT2D eigenvalue weighted by Gasteiger charge is -2.20. The number of rotatable bonds is 6. The Bertz CT molecular complexity index is 877. The highest BCUT2D eigenvalue weighted by Crippen LogP contribution is 2.26. The van der Waals surface area contributed by atoms with Gasteiger partial charge in [-0.15, -0.1) is 0 Å². The highest BCUT2D eigenvalue weighted by atomic mass is 127. The van der Waals surface area contributed by atoms with Crippen LogP contribution >= 0.6 is 54.5 Å². The van der Waals surface area contributed by atoms with Crippen LogP contribution in [0.15, 0.2) is 81.7 Å². The molecule has 0 aliphatic heterocycles. The molecule has 26 heavy (non-hydrogen) atoms. The summed E-state index contributed by atoms with van der Waals surface area (Å²) in [5, 5.41) is 3.51. The number of carbonyl (C=O) groups is 1. The second-order valence-electron chi connectivity index (χ2n) is 5.89. The molecule has 0 aromatic heterocycles. The predicted molar refractivity (Wildman–Crippen MR) is 123 cm³/mol. The molecule has 0 unspecified atom stereocenters. The maximum atomic E-state index is 12.8. The average molecular weight is 585 g/mol. The fraction of sp³-hybridized carbons (Fsp3) is 0.0952. The summed E-state index contributed by atoms with van der Waals surface area (Å²) in [6.07, 6.45) is 0.384. The molecule has 0 radical (unpaired) electrons. The summed E-state index contributed by atoms with van der Waals surface area (Å²) in [4.78, 5) is 12.8. The van der Waals surface area contributed by atoms with Crippen LogP contribution in [0.5, 0.6) is 0 Å². The molecule has 0 amide bonds. The van der Waals surface area contributed by atoms with Crippen molar-refractivity contribution in [2.45, 2.75) is 12.5 Å². The van der Waals surface area contributed by atoms with Gasteiger partial charge in [0, 0.05) is 30.2 Å². The lowest BCUT2D eigenvalue weighted by Crippen LogP contribution is -2.16. The smallest absolute Gasteiger partial charge is 0.165 e. The van der Waals surface area contributed by atoms with E-state index >= 15 is 0 Å². The zero-order valence-corrected chi connectivity index (χ0v) is 19.1. The molecule has 0 aliphatic carbocycles. The van der Waals surface area contributed by atoms with Gasteiger partial charge >= 0.3 is 0 Å². The fourth-order valence-electron chi connectivity index (χ4n) is 2.63. The minimum Gasteiger partial charge on any atom is -0.378 e. The Balaban J connectivity index is 1.84. The number of carbonyl (C=O) groups excluding carboxylic acids is 1. The number of benzene rings is 3. The number of Topliss-reactive ketones (excluding diaryl/α,β-unsaturated/α-hetero) is 1. The van der Waals surface area contributed by atoms with Gasteiger partial charge in [-0.05, 0) is 76.7 Å². The minimum absolute atomic E-state index is 0.0979. The summed E-state index contributed by atoms with van der Waals surface area (Å²) in [7, 11) is 0. The molecule has 0 spiro atoms. The van der Waals surface area contributed by atoms with E-state index in [-0.39, 0.29) is 11.8 Å². The number of hydrogen-bond donors (Lipinski definition) is 1. The van der Waals surface area contributed by atoms with E-state index in [1.165, 1.54) is 3.57 Å². The number of anilines is 1. The first-order chi connectivity index (χ1) is 12.5. The van der Waals surface area contributed by atoms with E-state index in [4.69, 9.17) is 0 Å². The second-order valence-corrected chi connectivity index (χ2v) is 8.97. The molecule has 2 nitrogen and oxygen atoms in total. The van der Waals surface area contributed by atoms with Gasteiger partial charge in [-0.2, -0.15) is 0 Å². The molecule has 132 valence electrons. The third-order valence-electron chi connectivity index (χ3n) is 4.01. The summed E-state index contributed by atoms with van der Waals surface area (Å²) in [5.41, 5.74) is 2.80. The summed E-state index contributed by atoms with van der Waals surface area (Å²) in [5.74, 6) is 0.114. The van der Waals surface area contributed by atoms with Gasteiger partial charge in [0.2, 0.25) is 0 Å². The molecule has 0 heterocycles. The quantitative estimate of drug-likeness (QED) is 0.244. The summed E-state index contributed by atoms with van der Waals surface area (Å²) < 4.78 is 3.17. The molecule has 0 saturated carbocycles. The van der Waals surface area contributed by atoms with Crippen LogP contribution in [0, 0.1) is 3.57 Å². The van der Waals surface area contributed by atoms with Crippen molar-refractivity contribution < 1.29 is 4.79 Å². The van der Waals surface area contributed by atoms with Gasteiger partial charge in [0.15, 0.2) is 5.78 Å². The summed E-state index contributed by atoms with van der Waals surface area (Å²) in [6, 6.07) is 23.7. The third-order valence-corrected chi connectivity index (χ3v) is 5.79. The van der Waals surface area contributed by atoms with Crippen LogP contribution in [0.3, 0.4) is 0 Å². The Morgan fingerprint density at radius 1 is 0.846 bits per heavy atom. The van der Waals surface area contributed by atoms with Crippen LogP contribution in [0.2, 0.25) is 0 Å². The maximum Gasteiger partial charge on any atom is 0.165 e. The maximum absolute atomic E-state index is 12.8. The van der Waals surface area contributed by atoms with Crippen molar-refractivity contribution >= 4 is 65.9 Å². The standard InChI is InChI=1S/C21H16Br2INO/c22-16-5-1-14(2-6-16)20(25-19-11-9-18(24)10-12-19)13-21(26)15-3-7-17(23)8-4-15/h1-12,20,25H,13H2/t20-/m0/s1. The molecule has 3 aromatic rings. The third kappa shape index (κ3) is 5.41. The van der Waals surface area contributed by atoms with E-state index in [0.717, 1.165) is 25.8 Å². The normalized spacial score (nSPS) is 11.8. The molecule has 1 N–H and O–H groups in total. The van der Waals surface area contributed by atoms with E-state index in [1.54, 1.807) is 0 Å². The molecule has 3 rings (SSSR count). The van der Waals surface area contributed by atoms with Gasteiger partial charge in [-0.1, -0.05) is 56.1 Å². The Kier molecular flexibility index (Phi) is 6.89. The zero-order valence-electron chi connectivity index (χ0n) is 13.8. The highest BCUT2D eigenvalue weighted by molar-refractivity contribution is 14.1. The second kappa shape index (κ2) is 9.15. The lowest BCUT2D eigenvalue weighted by molar-refractivity contribution is 0.0976. The molecular weight excluding hydrogens is 569 g/mol. The van der Waals surface area contributed by atoms with Crippen LogP contribution < -0.4 is 5.32 Å². The largest absolute Gasteiger partial charge is 0.378 e. The van der Waals surface area contributed by atoms with Crippen LogP contribution in [0.1, 0.15) is 28.4 Å². The van der Waals surface area contributed by atoms with Gasteiger partial charge in [0.1, 0.15) is 0 Å². The summed E-state index contributed by atoms with van der Waals surface area (Å²) >= 11 is 9.17. The highest BCUT2D eigenvalue weighted by Gasteiger charge is 2.17. The van der Waals surface area contributed by atoms with E-state index in [0.29, 0.717) is 6.42 Å². The average Bonchev–Trinajstić information content (AvgIpc) is 2.64. The Morgan fingerprint density at radius 3 is 1.96 bits per heavy atom. The molecular formula is C21H16Br2INO. The molecule has 0 saturated heterocycles. The Morgan fingerprint density at radius 2 is 1.38 bits per heavy atom. The fourth-order valence-corrected chi connectivity index (χ4v) is 3.52. The number of nitrogens with one attached hydrogen (secondary N) is 1. The molecule has 1 atom stereocenters. The summed E-state index contributed by atoms with van der Waals surface area (Å²) in [6.45, 7) is 0. The van der Waals surface area contributed by atoms with Gasteiger partial charge in [-0.25, -0.2) is 0 Å². The van der Waals surface area contributed by atoms with Crippen molar-refractivity contribution in [3.8, 4) is 0 Å². The predicted octanol–water partition coefficient (Wildman–Crippen LogP) is 7.24. The minimum atomic E-state index is -0.0979. The van der Waals surface area contributed by atoms with Gasteiger partial charge < -0.3 is 5.32 Å². The van der Waals surface area contributed by atoms with E-state index < -0.39 is 0 Å². The van der Waals surface area contributed by atoms with Crippen LogP contribution in [-0.2, 0) is 0 Å². The molecule has 3 aromatic carbocycles. The van der Waals surface area contributed by atoms with Gasteiger partial charge in [-0.3, -0.25) is 4.79 Å². The van der Waals surface area contributed by atoms with Crippen LogP contribution in [-0.4, -0.2) is 5.78 Å². The molecule has 0 bridgehead atoms. The monoisotopic (exact) mass is 583 g/mol.